The fourth-order valence-corrected chi connectivity index (χ4v) is 2.98. The largest absolute Gasteiger partial charge is 0.477 e. The number of rotatable bonds is 6. The lowest BCUT2D eigenvalue weighted by Gasteiger charge is -2.29. The Labute approximate surface area is 146 Å². The van der Waals surface area contributed by atoms with Gasteiger partial charge in [0.15, 0.2) is 0 Å². The van der Waals surface area contributed by atoms with Crippen LogP contribution in [0, 0.1) is 0 Å². The van der Waals surface area contributed by atoms with Crippen LogP contribution < -0.4 is 14.8 Å². The number of nitrogens with one attached hydrogen (secondary N) is 1. The number of aromatic nitrogens is 3. The van der Waals surface area contributed by atoms with Crippen LogP contribution in [0.5, 0.6) is 11.8 Å². The van der Waals surface area contributed by atoms with E-state index in [0.29, 0.717) is 18.2 Å². The molecule has 132 valence electrons. The Hall–Kier alpha value is -2.70. The van der Waals surface area contributed by atoms with Gasteiger partial charge in [0.1, 0.15) is 6.10 Å². The average Bonchev–Trinajstić information content (AvgIpc) is 2.64. The Morgan fingerprint density at radius 2 is 1.92 bits per heavy atom. The molecular weight excluding hydrogens is 320 g/mol. The van der Waals surface area contributed by atoms with Crippen LogP contribution >= 0.6 is 0 Å². The number of carbonyl (C=O) groups is 1. The number of nitrogens with zero attached hydrogens (tertiary/aromatic N) is 3. The highest BCUT2D eigenvalue weighted by Gasteiger charge is 2.25. The van der Waals surface area contributed by atoms with Gasteiger partial charge in [0, 0.05) is 30.8 Å². The summed E-state index contributed by atoms with van der Waals surface area (Å²) in [4.78, 5) is 24.4. The lowest BCUT2D eigenvalue weighted by Crippen LogP contribution is -2.40. The molecule has 1 aliphatic rings. The molecule has 0 radical (unpaired) electrons. The number of hydrogen-bond acceptors (Lipinski definition) is 6. The first-order chi connectivity index (χ1) is 12.2. The van der Waals surface area contributed by atoms with Crippen molar-refractivity contribution in [1.29, 1.82) is 0 Å². The molecular formula is C18H22N4O3. The quantitative estimate of drug-likeness (QED) is 0.863. The van der Waals surface area contributed by atoms with E-state index in [1.165, 1.54) is 0 Å². The van der Waals surface area contributed by atoms with E-state index in [0.717, 1.165) is 31.2 Å². The highest BCUT2D eigenvalue weighted by atomic mass is 16.5. The van der Waals surface area contributed by atoms with Gasteiger partial charge in [-0.3, -0.25) is 9.78 Å². The Morgan fingerprint density at radius 1 is 1.16 bits per heavy atom. The first kappa shape index (κ1) is 17.1. The van der Waals surface area contributed by atoms with Crippen LogP contribution in [0.4, 0.5) is 0 Å². The molecule has 0 aromatic carbocycles. The van der Waals surface area contributed by atoms with Gasteiger partial charge in [0.2, 0.25) is 5.91 Å². The number of methoxy groups -OCH3 is 1. The monoisotopic (exact) mass is 342 g/mol. The zero-order chi connectivity index (χ0) is 17.5. The van der Waals surface area contributed by atoms with Crippen molar-refractivity contribution in [2.24, 2.45) is 0 Å². The third-order valence-electron chi connectivity index (χ3n) is 4.23. The van der Waals surface area contributed by atoms with Gasteiger partial charge in [-0.05, 0) is 37.3 Å². The van der Waals surface area contributed by atoms with Crippen LogP contribution in [0.3, 0.4) is 0 Å². The van der Waals surface area contributed by atoms with Gasteiger partial charge in [-0.2, -0.15) is 0 Å². The van der Waals surface area contributed by atoms with Crippen LogP contribution in [0.25, 0.3) is 0 Å². The molecule has 7 heteroatoms. The summed E-state index contributed by atoms with van der Waals surface area (Å²) in [6.45, 7) is 0. The standard InChI is InChI=1S/C18H22N4O3/c1-24-17-18(21-10-9-20-17)25-15-6-4-14(5-7-15)22-16(23)11-13-3-2-8-19-12-13/h2-3,8-10,12,14-15H,4-7,11H2,1H3,(H,22,23). The summed E-state index contributed by atoms with van der Waals surface area (Å²) < 4.78 is 11.1. The van der Waals surface area contributed by atoms with Crippen molar-refractivity contribution in [1.82, 2.24) is 20.3 Å². The van der Waals surface area contributed by atoms with Crippen molar-refractivity contribution in [2.45, 2.75) is 44.2 Å². The van der Waals surface area contributed by atoms with Gasteiger partial charge in [0.05, 0.1) is 13.5 Å². The molecule has 25 heavy (non-hydrogen) atoms. The molecule has 3 rings (SSSR count). The molecule has 1 N–H and O–H groups in total. The number of ether oxygens (including phenoxy) is 2. The van der Waals surface area contributed by atoms with Gasteiger partial charge in [-0.15, -0.1) is 0 Å². The molecule has 0 spiro atoms. The van der Waals surface area contributed by atoms with Gasteiger partial charge < -0.3 is 14.8 Å². The maximum absolute atomic E-state index is 12.1. The van der Waals surface area contributed by atoms with E-state index < -0.39 is 0 Å². The normalized spacial score (nSPS) is 19.9. The van der Waals surface area contributed by atoms with E-state index in [-0.39, 0.29) is 18.1 Å². The summed E-state index contributed by atoms with van der Waals surface area (Å²) in [6, 6.07) is 3.94. The molecule has 1 amide bonds. The minimum atomic E-state index is 0.0352. The molecule has 2 aromatic heterocycles. The Morgan fingerprint density at radius 3 is 2.60 bits per heavy atom. The molecule has 0 atom stereocenters. The Bertz CT molecular complexity index is 688. The van der Waals surface area contributed by atoms with Crippen LogP contribution in [0.1, 0.15) is 31.2 Å². The number of pyridine rings is 1. The van der Waals surface area contributed by atoms with E-state index in [1.807, 2.05) is 12.1 Å². The molecule has 2 aromatic rings. The van der Waals surface area contributed by atoms with E-state index in [4.69, 9.17) is 9.47 Å². The minimum absolute atomic E-state index is 0.0352. The SMILES string of the molecule is COc1nccnc1OC1CCC(NC(=O)Cc2cccnc2)CC1. The van der Waals surface area contributed by atoms with Crippen molar-refractivity contribution in [3.63, 3.8) is 0 Å². The summed E-state index contributed by atoms with van der Waals surface area (Å²) in [7, 11) is 1.55. The number of amides is 1. The molecule has 0 saturated heterocycles. The van der Waals surface area contributed by atoms with Gasteiger partial charge in [-0.25, -0.2) is 9.97 Å². The third-order valence-corrected chi connectivity index (χ3v) is 4.23. The zero-order valence-electron chi connectivity index (χ0n) is 14.2. The average molecular weight is 342 g/mol. The fraction of sp³-hybridized carbons (Fsp3) is 0.444. The fourth-order valence-electron chi connectivity index (χ4n) is 2.98. The summed E-state index contributed by atoms with van der Waals surface area (Å²) in [5.41, 5.74) is 0.923. The maximum atomic E-state index is 12.1. The number of carbonyl (C=O) groups excluding carboxylic acids is 1. The van der Waals surface area contributed by atoms with Crippen molar-refractivity contribution >= 4 is 5.91 Å². The second-order valence-corrected chi connectivity index (χ2v) is 6.07. The Balaban J connectivity index is 1.45. The first-order valence-corrected chi connectivity index (χ1v) is 8.44. The van der Waals surface area contributed by atoms with Gasteiger partial charge >= 0.3 is 0 Å². The predicted octanol–water partition coefficient (Wildman–Crippen LogP) is 1.93. The summed E-state index contributed by atoms with van der Waals surface area (Å²) in [5.74, 6) is 0.858. The second kappa shape index (κ2) is 8.41. The van der Waals surface area contributed by atoms with Crippen molar-refractivity contribution in [2.75, 3.05) is 7.11 Å². The molecule has 0 unspecified atom stereocenters. The van der Waals surface area contributed by atoms with E-state index in [2.05, 4.69) is 20.3 Å². The molecule has 0 bridgehead atoms. The minimum Gasteiger partial charge on any atom is -0.477 e. The molecule has 7 nitrogen and oxygen atoms in total. The predicted molar refractivity (Wildman–Crippen MR) is 91.3 cm³/mol. The second-order valence-electron chi connectivity index (χ2n) is 6.07. The Kier molecular flexibility index (Phi) is 5.77. The summed E-state index contributed by atoms with van der Waals surface area (Å²) in [5, 5.41) is 3.10. The van der Waals surface area contributed by atoms with Crippen LogP contribution in [-0.2, 0) is 11.2 Å². The van der Waals surface area contributed by atoms with Crippen molar-refractivity contribution < 1.29 is 14.3 Å². The molecule has 1 saturated carbocycles. The topological polar surface area (TPSA) is 86.2 Å². The highest BCUT2D eigenvalue weighted by molar-refractivity contribution is 5.78. The maximum Gasteiger partial charge on any atom is 0.278 e. The summed E-state index contributed by atoms with van der Waals surface area (Å²) in [6.07, 6.45) is 10.5. The summed E-state index contributed by atoms with van der Waals surface area (Å²) >= 11 is 0. The van der Waals surface area contributed by atoms with E-state index in [1.54, 1.807) is 31.9 Å². The van der Waals surface area contributed by atoms with Gasteiger partial charge in [-0.1, -0.05) is 6.07 Å². The van der Waals surface area contributed by atoms with Crippen molar-refractivity contribution in [3.8, 4) is 11.8 Å². The van der Waals surface area contributed by atoms with Crippen LogP contribution in [0.15, 0.2) is 36.9 Å². The lowest BCUT2D eigenvalue weighted by atomic mass is 9.93. The third kappa shape index (κ3) is 4.89. The zero-order valence-corrected chi connectivity index (χ0v) is 14.2. The lowest BCUT2D eigenvalue weighted by molar-refractivity contribution is -0.121. The molecule has 1 fully saturated rings. The van der Waals surface area contributed by atoms with Crippen LogP contribution in [0.2, 0.25) is 0 Å². The number of hydrogen-bond donors (Lipinski definition) is 1. The molecule has 0 aliphatic heterocycles. The molecule has 1 aliphatic carbocycles. The molecule has 2 heterocycles. The van der Waals surface area contributed by atoms with Crippen LogP contribution in [-0.4, -0.2) is 40.1 Å². The van der Waals surface area contributed by atoms with E-state index in [9.17, 15) is 4.79 Å². The first-order valence-electron chi connectivity index (χ1n) is 8.44. The smallest absolute Gasteiger partial charge is 0.278 e. The van der Waals surface area contributed by atoms with Crippen molar-refractivity contribution in [3.05, 3.63) is 42.5 Å². The highest BCUT2D eigenvalue weighted by Crippen LogP contribution is 2.27. The van der Waals surface area contributed by atoms with E-state index >= 15 is 0 Å². The van der Waals surface area contributed by atoms with Gasteiger partial charge in [0.25, 0.3) is 11.8 Å².